The maximum absolute atomic E-state index is 11.2. The Morgan fingerprint density at radius 2 is 2.07 bits per heavy atom. The molecule has 4 nitrogen and oxygen atoms in total. The van der Waals surface area contributed by atoms with Crippen molar-refractivity contribution in [3.8, 4) is 0 Å². The molecule has 1 rings (SSSR count). The summed E-state index contributed by atoms with van der Waals surface area (Å²) in [5.74, 6) is 0.0887. The molecular formula is C11H23N3O. The zero-order valence-electron chi connectivity index (χ0n) is 9.88. The monoisotopic (exact) mass is 213 g/mol. The van der Waals surface area contributed by atoms with Crippen LogP contribution in [0.3, 0.4) is 0 Å². The van der Waals surface area contributed by atoms with E-state index in [0.29, 0.717) is 19.1 Å². The normalized spacial score (nSPS) is 19.1. The van der Waals surface area contributed by atoms with Gasteiger partial charge in [-0.2, -0.15) is 0 Å². The van der Waals surface area contributed by atoms with Gasteiger partial charge in [0.25, 0.3) is 0 Å². The van der Waals surface area contributed by atoms with Crippen LogP contribution in [-0.2, 0) is 4.79 Å². The van der Waals surface area contributed by atoms with Gasteiger partial charge in [0.2, 0.25) is 5.91 Å². The molecular weight excluding hydrogens is 190 g/mol. The molecule has 1 atom stereocenters. The largest absolute Gasteiger partial charge is 0.355 e. The standard InChI is InChI=1S/C11H23N3O/c1-3-12-11(15)8-13-10(2)9-14-6-4-5-7-14/h10,13H,3-9H2,1-2H3,(H,12,15). The molecule has 0 aromatic carbocycles. The Kier molecular flexibility index (Phi) is 5.65. The van der Waals surface area contributed by atoms with Gasteiger partial charge in [0, 0.05) is 19.1 Å². The van der Waals surface area contributed by atoms with Gasteiger partial charge >= 0.3 is 0 Å². The number of rotatable bonds is 6. The van der Waals surface area contributed by atoms with E-state index in [2.05, 4.69) is 22.5 Å². The third-order valence-corrected chi connectivity index (χ3v) is 2.72. The highest BCUT2D eigenvalue weighted by Gasteiger charge is 2.14. The first kappa shape index (κ1) is 12.5. The second-order valence-corrected chi connectivity index (χ2v) is 4.24. The summed E-state index contributed by atoms with van der Waals surface area (Å²) in [6.45, 7) is 8.70. The highest BCUT2D eigenvalue weighted by atomic mass is 16.1. The lowest BCUT2D eigenvalue weighted by Gasteiger charge is -2.20. The van der Waals surface area contributed by atoms with Crippen LogP contribution in [0.15, 0.2) is 0 Å². The fraction of sp³-hybridized carbons (Fsp3) is 0.909. The van der Waals surface area contributed by atoms with Crippen molar-refractivity contribution >= 4 is 5.91 Å². The molecule has 1 saturated heterocycles. The molecule has 0 radical (unpaired) electrons. The van der Waals surface area contributed by atoms with Gasteiger partial charge in [-0.1, -0.05) is 0 Å². The topological polar surface area (TPSA) is 44.4 Å². The number of hydrogen-bond acceptors (Lipinski definition) is 3. The SMILES string of the molecule is CCNC(=O)CNC(C)CN1CCCC1. The second-order valence-electron chi connectivity index (χ2n) is 4.24. The maximum atomic E-state index is 11.2. The van der Waals surface area contributed by atoms with Crippen molar-refractivity contribution in [2.24, 2.45) is 0 Å². The first-order chi connectivity index (χ1) is 7.22. The Balaban J connectivity index is 2.07. The van der Waals surface area contributed by atoms with Gasteiger partial charge in [0.1, 0.15) is 0 Å². The van der Waals surface area contributed by atoms with Gasteiger partial charge in [0.05, 0.1) is 6.54 Å². The van der Waals surface area contributed by atoms with Crippen LogP contribution in [0, 0.1) is 0 Å². The average molecular weight is 213 g/mol. The van der Waals surface area contributed by atoms with E-state index in [4.69, 9.17) is 0 Å². The van der Waals surface area contributed by atoms with Crippen molar-refractivity contribution in [2.45, 2.75) is 32.7 Å². The molecule has 1 aliphatic heterocycles. The quantitative estimate of drug-likeness (QED) is 0.662. The fourth-order valence-corrected chi connectivity index (χ4v) is 1.94. The smallest absolute Gasteiger partial charge is 0.233 e. The molecule has 0 spiro atoms. The molecule has 1 heterocycles. The Labute approximate surface area is 92.4 Å². The van der Waals surface area contributed by atoms with E-state index in [1.807, 2.05) is 6.92 Å². The third kappa shape index (κ3) is 5.14. The van der Waals surface area contributed by atoms with E-state index in [1.54, 1.807) is 0 Å². The van der Waals surface area contributed by atoms with Gasteiger partial charge in [-0.25, -0.2) is 0 Å². The summed E-state index contributed by atoms with van der Waals surface area (Å²) in [6, 6.07) is 0.394. The average Bonchev–Trinajstić information content (AvgIpc) is 2.68. The van der Waals surface area contributed by atoms with Crippen LogP contribution in [-0.4, -0.2) is 49.6 Å². The number of amides is 1. The summed E-state index contributed by atoms with van der Waals surface area (Å²) in [5.41, 5.74) is 0. The molecule has 0 aromatic heterocycles. The Morgan fingerprint density at radius 3 is 2.67 bits per heavy atom. The maximum Gasteiger partial charge on any atom is 0.233 e. The van der Waals surface area contributed by atoms with Crippen LogP contribution in [0.1, 0.15) is 26.7 Å². The van der Waals surface area contributed by atoms with Crippen LogP contribution >= 0.6 is 0 Å². The van der Waals surface area contributed by atoms with Crippen molar-refractivity contribution in [1.82, 2.24) is 15.5 Å². The van der Waals surface area contributed by atoms with E-state index in [0.717, 1.165) is 6.54 Å². The minimum atomic E-state index is 0.0887. The number of carbonyl (C=O) groups excluding carboxylic acids is 1. The number of likely N-dealkylation sites (tertiary alicyclic amines) is 1. The summed E-state index contributed by atoms with van der Waals surface area (Å²) in [7, 11) is 0. The zero-order chi connectivity index (χ0) is 11.1. The van der Waals surface area contributed by atoms with Crippen molar-refractivity contribution in [3.05, 3.63) is 0 Å². The lowest BCUT2D eigenvalue weighted by atomic mass is 10.3. The summed E-state index contributed by atoms with van der Waals surface area (Å²) < 4.78 is 0. The molecule has 15 heavy (non-hydrogen) atoms. The lowest BCUT2D eigenvalue weighted by molar-refractivity contribution is -0.120. The van der Waals surface area contributed by atoms with Crippen LogP contribution in [0.4, 0.5) is 0 Å². The second kappa shape index (κ2) is 6.80. The number of nitrogens with zero attached hydrogens (tertiary/aromatic N) is 1. The third-order valence-electron chi connectivity index (χ3n) is 2.72. The molecule has 1 aliphatic rings. The van der Waals surface area contributed by atoms with Gasteiger partial charge in [-0.05, 0) is 39.8 Å². The van der Waals surface area contributed by atoms with Crippen LogP contribution in [0.5, 0.6) is 0 Å². The van der Waals surface area contributed by atoms with Gasteiger partial charge in [-0.3, -0.25) is 4.79 Å². The van der Waals surface area contributed by atoms with Crippen molar-refractivity contribution in [3.63, 3.8) is 0 Å². The van der Waals surface area contributed by atoms with Crippen molar-refractivity contribution in [1.29, 1.82) is 0 Å². The molecule has 1 amide bonds. The van der Waals surface area contributed by atoms with Gasteiger partial charge in [-0.15, -0.1) is 0 Å². The van der Waals surface area contributed by atoms with E-state index < -0.39 is 0 Å². The number of nitrogens with one attached hydrogen (secondary N) is 2. The van der Waals surface area contributed by atoms with E-state index in [1.165, 1.54) is 25.9 Å². The lowest BCUT2D eigenvalue weighted by Crippen LogP contribution is -2.43. The highest BCUT2D eigenvalue weighted by Crippen LogP contribution is 2.07. The van der Waals surface area contributed by atoms with E-state index >= 15 is 0 Å². The first-order valence-electron chi connectivity index (χ1n) is 5.94. The van der Waals surface area contributed by atoms with Crippen molar-refractivity contribution in [2.75, 3.05) is 32.7 Å². The molecule has 0 aliphatic carbocycles. The minimum Gasteiger partial charge on any atom is -0.355 e. The van der Waals surface area contributed by atoms with Gasteiger partial charge < -0.3 is 15.5 Å². The predicted molar refractivity (Wildman–Crippen MR) is 61.8 cm³/mol. The van der Waals surface area contributed by atoms with Crippen LogP contribution < -0.4 is 10.6 Å². The summed E-state index contributed by atoms with van der Waals surface area (Å²) in [6.07, 6.45) is 2.64. The number of likely N-dealkylation sites (N-methyl/N-ethyl adjacent to an activating group) is 1. The summed E-state index contributed by atoms with van der Waals surface area (Å²) >= 11 is 0. The van der Waals surface area contributed by atoms with Crippen LogP contribution in [0.25, 0.3) is 0 Å². The predicted octanol–water partition coefficient (Wildman–Crippen LogP) is 0.196. The molecule has 0 bridgehead atoms. The highest BCUT2D eigenvalue weighted by molar-refractivity contribution is 5.77. The molecule has 2 N–H and O–H groups in total. The van der Waals surface area contributed by atoms with E-state index in [9.17, 15) is 4.79 Å². The molecule has 4 heteroatoms. The zero-order valence-corrected chi connectivity index (χ0v) is 9.88. The summed E-state index contributed by atoms with van der Waals surface area (Å²) in [5, 5.41) is 6.02. The molecule has 1 fully saturated rings. The van der Waals surface area contributed by atoms with Gasteiger partial charge in [0.15, 0.2) is 0 Å². The fourth-order valence-electron chi connectivity index (χ4n) is 1.94. The molecule has 88 valence electrons. The number of carbonyl (C=O) groups is 1. The Hall–Kier alpha value is -0.610. The molecule has 1 unspecified atom stereocenters. The summed E-state index contributed by atoms with van der Waals surface area (Å²) in [4.78, 5) is 13.7. The first-order valence-corrected chi connectivity index (χ1v) is 5.94. The minimum absolute atomic E-state index is 0.0887. The van der Waals surface area contributed by atoms with Crippen LogP contribution in [0.2, 0.25) is 0 Å². The van der Waals surface area contributed by atoms with E-state index in [-0.39, 0.29) is 5.91 Å². The van der Waals surface area contributed by atoms with Crippen molar-refractivity contribution < 1.29 is 4.79 Å². The molecule has 0 aromatic rings. The molecule has 0 saturated carbocycles. The Bertz CT molecular complexity index is 190. The Morgan fingerprint density at radius 1 is 1.40 bits per heavy atom. The number of hydrogen-bond donors (Lipinski definition) is 2.